The van der Waals surface area contributed by atoms with Gasteiger partial charge in [0, 0.05) is 54.9 Å². The van der Waals surface area contributed by atoms with E-state index in [1.807, 2.05) is 11.6 Å². The smallest absolute Gasteiger partial charge is 0.242 e. The third kappa shape index (κ3) is 3.99. The highest BCUT2D eigenvalue weighted by Crippen LogP contribution is 2.40. The van der Waals surface area contributed by atoms with Crippen molar-refractivity contribution >= 4 is 23.4 Å². The second-order valence-electron chi connectivity index (χ2n) is 9.21. The standard InChI is InChI=1S/C23H25ClFN7O/c1-13-6-20(27-12-26-13)31-10-14-2-3-15(11-31)21(14)28-23-29-22-19(4-5-32(22)30-23)33-18-8-16(24)7-17(25)9-18/h6-9,12,14-15,19,21H,2-5,10-11H2,1H3,(H,28,30)/t14-,15+,19-,21-/m0/s1. The van der Waals surface area contributed by atoms with Crippen LogP contribution in [0.1, 0.15) is 36.9 Å². The number of piperidine rings is 1. The van der Waals surface area contributed by atoms with Crippen molar-refractivity contribution in [3.05, 3.63) is 53.0 Å². The van der Waals surface area contributed by atoms with Crippen LogP contribution < -0.4 is 15.0 Å². The molecule has 2 bridgehead atoms. The maximum atomic E-state index is 13.7. The summed E-state index contributed by atoms with van der Waals surface area (Å²) in [4.78, 5) is 15.8. The van der Waals surface area contributed by atoms with Gasteiger partial charge in [-0.25, -0.2) is 19.0 Å². The Hall–Kier alpha value is -2.94. The van der Waals surface area contributed by atoms with Gasteiger partial charge in [-0.05, 0) is 43.7 Å². The zero-order valence-electron chi connectivity index (χ0n) is 18.3. The quantitative estimate of drug-likeness (QED) is 0.604. The summed E-state index contributed by atoms with van der Waals surface area (Å²) < 4.78 is 21.6. The third-order valence-corrected chi connectivity index (χ3v) is 7.17. The minimum absolute atomic E-state index is 0.273. The SMILES string of the molecule is Cc1cc(N2C[C@H]3CC[C@@H](C2)[C@@H]3Nc2nc3n(n2)CC[C@@H]3Oc2cc(F)cc(Cl)c2)ncn1. The lowest BCUT2D eigenvalue weighted by Gasteiger charge is -2.38. The predicted octanol–water partition coefficient (Wildman–Crippen LogP) is 4.02. The summed E-state index contributed by atoms with van der Waals surface area (Å²) in [7, 11) is 0. The number of benzene rings is 1. The van der Waals surface area contributed by atoms with Crippen molar-refractivity contribution < 1.29 is 9.13 Å². The normalized spacial score (nSPS) is 25.8. The molecule has 8 nitrogen and oxygen atoms in total. The van der Waals surface area contributed by atoms with E-state index in [0.717, 1.165) is 43.4 Å². The third-order valence-electron chi connectivity index (χ3n) is 6.95. The Labute approximate surface area is 196 Å². The maximum absolute atomic E-state index is 13.7. The first kappa shape index (κ1) is 20.7. The van der Waals surface area contributed by atoms with Gasteiger partial charge in [-0.2, -0.15) is 4.98 Å². The number of ether oxygens (including phenoxy) is 1. The highest BCUT2D eigenvalue weighted by molar-refractivity contribution is 6.30. The molecule has 1 aliphatic carbocycles. The van der Waals surface area contributed by atoms with Crippen LogP contribution >= 0.6 is 11.6 Å². The summed E-state index contributed by atoms with van der Waals surface area (Å²) in [5, 5.41) is 8.61. The molecule has 1 saturated carbocycles. The van der Waals surface area contributed by atoms with Crippen molar-refractivity contribution in [3.8, 4) is 5.75 Å². The number of hydrogen-bond acceptors (Lipinski definition) is 7. The number of anilines is 2. The first-order chi connectivity index (χ1) is 16.0. The van der Waals surface area contributed by atoms with E-state index >= 15 is 0 Å². The highest BCUT2D eigenvalue weighted by Gasteiger charge is 2.43. The Morgan fingerprint density at radius 1 is 1.09 bits per heavy atom. The van der Waals surface area contributed by atoms with Crippen molar-refractivity contribution in [1.29, 1.82) is 0 Å². The molecule has 0 spiro atoms. The van der Waals surface area contributed by atoms with Crippen molar-refractivity contribution in [2.45, 2.75) is 44.9 Å². The van der Waals surface area contributed by atoms with Crippen molar-refractivity contribution in [1.82, 2.24) is 24.7 Å². The molecule has 33 heavy (non-hydrogen) atoms. The van der Waals surface area contributed by atoms with Crippen LogP contribution in [0.5, 0.6) is 5.75 Å². The van der Waals surface area contributed by atoms with Gasteiger partial charge in [0.1, 0.15) is 23.7 Å². The summed E-state index contributed by atoms with van der Waals surface area (Å²) >= 11 is 5.97. The maximum Gasteiger partial charge on any atom is 0.242 e. The Kier molecular flexibility index (Phi) is 5.09. The number of hydrogen-bond donors (Lipinski definition) is 1. The van der Waals surface area contributed by atoms with Crippen LogP contribution in [0.3, 0.4) is 0 Å². The fourth-order valence-electron chi connectivity index (χ4n) is 5.47. The van der Waals surface area contributed by atoms with Crippen LogP contribution in [0.2, 0.25) is 5.02 Å². The van der Waals surface area contributed by atoms with E-state index in [2.05, 4.69) is 31.3 Å². The first-order valence-corrected chi connectivity index (χ1v) is 11.8. The van der Waals surface area contributed by atoms with Crippen LogP contribution in [-0.4, -0.2) is 43.9 Å². The van der Waals surface area contributed by atoms with Gasteiger partial charge >= 0.3 is 0 Å². The summed E-state index contributed by atoms with van der Waals surface area (Å²) in [5.41, 5.74) is 0.988. The van der Waals surface area contributed by atoms with Crippen LogP contribution in [0.15, 0.2) is 30.6 Å². The highest BCUT2D eigenvalue weighted by atomic mass is 35.5. The fraction of sp³-hybridized carbons (Fsp3) is 0.478. The van der Waals surface area contributed by atoms with Gasteiger partial charge in [0.15, 0.2) is 11.9 Å². The number of aryl methyl sites for hydroxylation is 2. The molecule has 2 fully saturated rings. The Balaban J connectivity index is 1.15. The Bertz CT molecular complexity index is 1150. The number of nitrogens with one attached hydrogen (secondary N) is 1. The van der Waals surface area contributed by atoms with Crippen LogP contribution in [0.4, 0.5) is 16.2 Å². The molecule has 1 N–H and O–H groups in total. The van der Waals surface area contributed by atoms with Gasteiger partial charge in [0.25, 0.3) is 0 Å². The van der Waals surface area contributed by atoms with E-state index in [1.165, 1.54) is 25.0 Å². The minimum Gasteiger partial charge on any atom is -0.482 e. The van der Waals surface area contributed by atoms with E-state index in [4.69, 9.17) is 21.3 Å². The molecular weight excluding hydrogens is 445 g/mol. The summed E-state index contributed by atoms with van der Waals surface area (Å²) in [6, 6.07) is 6.62. The molecule has 3 aromatic rings. The van der Waals surface area contributed by atoms with Gasteiger partial charge in [-0.3, -0.25) is 0 Å². The minimum atomic E-state index is -0.418. The molecule has 4 heterocycles. The van der Waals surface area contributed by atoms with Gasteiger partial charge in [0.2, 0.25) is 5.95 Å². The van der Waals surface area contributed by atoms with Gasteiger partial charge < -0.3 is 15.0 Å². The van der Waals surface area contributed by atoms with Crippen molar-refractivity contribution in [2.24, 2.45) is 11.8 Å². The molecule has 1 saturated heterocycles. The van der Waals surface area contributed by atoms with Crippen LogP contribution in [0, 0.1) is 24.6 Å². The zero-order valence-corrected chi connectivity index (χ0v) is 19.0. The lowest BCUT2D eigenvalue weighted by molar-refractivity contribution is 0.202. The molecule has 2 aliphatic heterocycles. The molecule has 4 atom stereocenters. The van der Waals surface area contributed by atoms with Gasteiger partial charge in [0.05, 0.1) is 0 Å². The number of rotatable bonds is 5. The molecule has 10 heteroatoms. The zero-order chi connectivity index (χ0) is 22.5. The lowest BCUT2D eigenvalue weighted by atomic mass is 9.92. The summed E-state index contributed by atoms with van der Waals surface area (Å²) in [6.45, 7) is 4.64. The van der Waals surface area contributed by atoms with E-state index in [0.29, 0.717) is 34.6 Å². The van der Waals surface area contributed by atoms with E-state index in [9.17, 15) is 4.39 Å². The van der Waals surface area contributed by atoms with Gasteiger partial charge in [-0.1, -0.05) is 11.6 Å². The second-order valence-corrected chi connectivity index (χ2v) is 9.64. The van der Waals surface area contributed by atoms with Crippen molar-refractivity contribution in [2.75, 3.05) is 23.3 Å². The molecular formula is C23H25ClFN7O. The van der Waals surface area contributed by atoms with E-state index in [1.54, 1.807) is 12.4 Å². The lowest BCUT2D eigenvalue weighted by Crippen LogP contribution is -2.48. The monoisotopic (exact) mass is 469 g/mol. The average Bonchev–Trinajstić information content (AvgIpc) is 3.39. The molecule has 172 valence electrons. The number of nitrogens with zero attached hydrogens (tertiary/aromatic N) is 6. The number of halogens is 2. The fourth-order valence-corrected chi connectivity index (χ4v) is 5.68. The average molecular weight is 470 g/mol. The molecule has 3 aliphatic rings. The largest absolute Gasteiger partial charge is 0.482 e. The Morgan fingerprint density at radius 2 is 1.91 bits per heavy atom. The molecule has 1 aromatic carbocycles. The molecule has 0 radical (unpaired) electrons. The van der Waals surface area contributed by atoms with Crippen LogP contribution in [-0.2, 0) is 6.54 Å². The predicted molar refractivity (Wildman–Crippen MR) is 122 cm³/mol. The van der Waals surface area contributed by atoms with Crippen LogP contribution in [0.25, 0.3) is 0 Å². The first-order valence-electron chi connectivity index (χ1n) is 11.4. The van der Waals surface area contributed by atoms with E-state index < -0.39 is 5.82 Å². The molecule has 0 amide bonds. The number of fused-ring (bicyclic) bond motifs is 3. The molecule has 2 aromatic heterocycles. The summed E-state index contributed by atoms with van der Waals surface area (Å²) in [6.07, 6.45) is 4.48. The molecule has 6 rings (SSSR count). The van der Waals surface area contributed by atoms with E-state index in [-0.39, 0.29) is 6.10 Å². The number of aromatic nitrogens is 5. The second kappa shape index (κ2) is 8.13. The topological polar surface area (TPSA) is 81.0 Å². The van der Waals surface area contributed by atoms with Gasteiger partial charge in [-0.15, -0.1) is 5.10 Å². The Morgan fingerprint density at radius 3 is 2.67 bits per heavy atom. The molecule has 0 unspecified atom stereocenters. The summed E-state index contributed by atoms with van der Waals surface area (Å²) in [5.74, 6) is 3.43. The van der Waals surface area contributed by atoms with Crippen molar-refractivity contribution in [3.63, 3.8) is 0 Å².